The molecule has 2 rings (SSSR count). The lowest BCUT2D eigenvalue weighted by atomic mass is 10.1. The van der Waals surface area contributed by atoms with Crippen molar-refractivity contribution in [2.24, 2.45) is 0 Å². The minimum atomic E-state index is -4.27. The minimum Gasteiger partial charge on any atom is -0.373 e. The van der Waals surface area contributed by atoms with E-state index in [1.165, 1.54) is 18.6 Å². The molecule has 150 valence electrons. The van der Waals surface area contributed by atoms with Crippen LogP contribution in [0.15, 0.2) is 36.4 Å². The Kier molecular flexibility index (Phi) is 8.57. The summed E-state index contributed by atoms with van der Waals surface area (Å²) in [6.07, 6.45) is 0.737. The number of nitrogens with zero attached hydrogens (tertiary/aromatic N) is 1. The monoisotopic (exact) mass is 397 g/mol. The zero-order chi connectivity index (χ0) is 19.9. The Bertz CT molecular complexity index is 595. The van der Waals surface area contributed by atoms with E-state index in [1.807, 2.05) is 0 Å². The van der Waals surface area contributed by atoms with Gasteiger partial charge in [-0.1, -0.05) is 41.4 Å². The lowest BCUT2D eigenvalue weighted by Gasteiger charge is -2.35. The summed E-state index contributed by atoms with van der Waals surface area (Å²) in [5.41, 5.74) is 0.573. The molecule has 6 heteroatoms. The molecule has 1 heterocycles. The van der Waals surface area contributed by atoms with E-state index in [0.717, 1.165) is 61.8 Å². The summed E-state index contributed by atoms with van der Waals surface area (Å²) in [4.78, 5) is 2.47. The SMILES string of the molecule is C=C(CCCCCN1CC(C)OC(C)C1)C[Si]c1cccc(C(F)(F)F)c1. The highest BCUT2D eigenvalue weighted by Crippen LogP contribution is 2.28. The van der Waals surface area contributed by atoms with E-state index >= 15 is 0 Å². The van der Waals surface area contributed by atoms with E-state index in [2.05, 4.69) is 25.3 Å². The first kappa shape index (κ1) is 22.2. The topological polar surface area (TPSA) is 12.5 Å². The third-order valence-corrected chi connectivity index (χ3v) is 6.13. The summed E-state index contributed by atoms with van der Waals surface area (Å²) < 4.78 is 44.0. The number of rotatable bonds is 9. The molecule has 2 nitrogen and oxygen atoms in total. The van der Waals surface area contributed by atoms with Gasteiger partial charge in [-0.3, -0.25) is 4.90 Å². The van der Waals surface area contributed by atoms with Gasteiger partial charge in [-0.25, -0.2) is 0 Å². The number of hydrogen-bond donors (Lipinski definition) is 0. The molecule has 0 aromatic heterocycles. The molecule has 0 amide bonds. The Morgan fingerprint density at radius 1 is 1.19 bits per heavy atom. The number of allylic oxidation sites excluding steroid dienone is 1. The first-order valence-electron chi connectivity index (χ1n) is 9.69. The molecule has 1 saturated heterocycles. The average Bonchev–Trinajstić information content (AvgIpc) is 2.58. The van der Waals surface area contributed by atoms with Crippen molar-refractivity contribution in [3.63, 3.8) is 0 Å². The number of ether oxygens (including phenoxy) is 1. The van der Waals surface area contributed by atoms with Gasteiger partial charge in [0.2, 0.25) is 0 Å². The van der Waals surface area contributed by atoms with Crippen molar-refractivity contribution in [1.82, 2.24) is 4.90 Å². The fourth-order valence-electron chi connectivity index (χ4n) is 3.48. The molecule has 1 fully saturated rings. The summed E-state index contributed by atoms with van der Waals surface area (Å²) in [6, 6.07) is 6.42. The largest absolute Gasteiger partial charge is 0.416 e. The van der Waals surface area contributed by atoms with Gasteiger partial charge in [0.05, 0.1) is 27.3 Å². The van der Waals surface area contributed by atoms with Gasteiger partial charge in [-0.05, 0) is 45.7 Å². The van der Waals surface area contributed by atoms with Gasteiger partial charge in [-0.15, -0.1) is 6.58 Å². The lowest BCUT2D eigenvalue weighted by Crippen LogP contribution is -2.45. The van der Waals surface area contributed by atoms with Crippen LogP contribution in [0.2, 0.25) is 6.04 Å². The second-order valence-corrected chi connectivity index (χ2v) is 8.79. The number of benzene rings is 1. The van der Waals surface area contributed by atoms with Crippen molar-refractivity contribution >= 4 is 14.7 Å². The van der Waals surface area contributed by atoms with Crippen molar-refractivity contribution < 1.29 is 17.9 Å². The number of morpholine rings is 1. The van der Waals surface area contributed by atoms with Crippen LogP contribution in [0.25, 0.3) is 0 Å². The van der Waals surface area contributed by atoms with Gasteiger partial charge in [0.25, 0.3) is 0 Å². The number of alkyl halides is 3. The molecule has 1 aromatic rings. The van der Waals surface area contributed by atoms with Gasteiger partial charge in [-0.2, -0.15) is 13.2 Å². The van der Waals surface area contributed by atoms with Gasteiger partial charge < -0.3 is 4.74 Å². The van der Waals surface area contributed by atoms with Crippen LogP contribution in [0.3, 0.4) is 0 Å². The summed E-state index contributed by atoms with van der Waals surface area (Å²) >= 11 is 0. The van der Waals surface area contributed by atoms with Gasteiger partial charge in [0, 0.05) is 13.1 Å². The lowest BCUT2D eigenvalue weighted by molar-refractivity contribution is -0.137. The van der Waals surface area contributed by atoms with E-state index in [1.54, 1.807) is 6.07 Å². The molecule has 1 aliphatic heterocycles. The maximum Gasteiger partial charge on any atom is 0.416 e. The van der Waals surface area contributed by atoms with Crippen LogP contribution in [0.5, 0.6) is 0 Å². The summed E-state index contributed by atoms with van der Waals surface area (Å²) in [6.45, 7) is 11.5. The Hall–Kier alpha value is -1.11. The number of halogens is 3. The van der Waals surface area contributed by atoms with Crippen molar-refractivity contribution in [3.05, 3.63) is 42.0 Å². The molecule has 0 aliphatic carbocycles. The van der Waals surface area contributed by atoms with E-state index in [4.69, 9.17) is 4.74 Å². The third kappa shape index (κ3) is 8.19. The highest BCUT2D eigenvalue weighted by Gasteiger charge is 2.30. The Balaban J connectivity index is 1.60. The highest BCUT2D eigenvalue weighted by atomic mass is 28.2. The van der Waals surface area contributed by atoms with Crippen LogP contribution >= 0.6 is 0 Å². The van der Waals surface area contributed by atoms with Crippen LogP contribution in [-0.2, 0) is 10.9 Å². The number of unbranched alkanes of at least 4 members (excludes halogenated alkanes) is 2. The molecule has 0 bridgehead atoms. The molecule has 2 radical (unpaired) electrons. The smallest absolute Gasteiger partial charge is 0.373 e. The zero-order valence-electron chi connectivity index (χ0n) is 16.3. The minimum absolute atomic E-state index is 0.311. The molecule has 0 N–H and O–H groups in total. The first-order chi connectivity index (χ1) is 12.7. The van der Waals surface area contributed by atoms with Crippen LogP contribution in [0.1, 0.15) is 45.1 Å². The fraction of sp³-hybridized carbons (Fsp3) is 0.619. The average molecular weight is 398 g/mol. The predicted molar refractivity (Wildman–Crippen MR) is 106 cm³/mol. The standard InChI is InChI=1S/C21H30F3NOSi/c1-16(15-27-20-10-7-9-19(12-20)21(22,23)24)8-5-4-6-11-25-13-17(2)26-18(3)14-25/h7,9-10,12,17-18H,1,4-6,8,11,13-15H2,2-3H3. The second kappa shape index (κ2) is 10.4. The first-order valence-corrected chi connectivity index (χ1v) is 10.9. The number of hydrogen-bond acceptors (Lipinski definition) is 2. The molecule has 1 aromatic carbocycles. The van der Waals surface area contributed by atoms with E-state index in [0.29, 0.717) is 21.7 Å². The Morgan fingerprint density at radius 2 is 1.89 bits per heavy atom. The molecule has 0 saturated carbocycles. The summed E-state index contributed by atoms with van der Waals surface area (Å²) in [7, 11) is 0.348. The Morgan fingerprint density at radius 3 is 2.56 bits per heavy atom. The predicted octanol–water partition coefficient (Wildman–Crippen LogP) is 4.68. The van der Waals surface area contributed by atoms with Gasteiger partial charge in [0.15, 0.2) is 0 Å². The van der Waals surface area contributed by atoms with Crippen LogP contribution in [0, 0.1) is 0 Å². The molecule has 27 heavy (non-hydrogen) atoms. The molecular weight excluding hydrogens is 367 g/mol. The highest BCUT2D eigenvalue weighted by molar-refractivity contribution is 6.54. The van der Waals surface area contributed by atoms with Crippen molar-refractivity contribution in [2.75, 3.05) is 19.6 Å². The summed E-state index contributed by atoms with van der Waals surface area (Å²) in [5.74, 6) is 0. The third-order valence-electron chi connectivity index (χ3n) is 4.73. The van der Waals surface area contributed by atoms with Crippen LogP contribution in [-0.4, -0.2) is 46.3 Å². The van der Waals surface area contributed by atoms with Gasteiger partial charge in [0.1, 0.15) is 0 Å². The summed E-state index contributed by atoms with van der Waals surface area (Å²) in [5, 5.41) is 0.751. The van der Waals surface area contributed by atoms with Crippen LogP contribution < -0.4 is 5.19 Å². The van der Waals surface area contributed by atoms with E-state index in [-0.39, 0.29) is 0 Å². The maximum absolute atomic E-state index is 12.8. The zero-order valence-corrected chi connectivity index (χ0v) is 17.3. The van der Waals surface area contributed by atoms with E-state index < -0.39 is 11.7 Å². The molecular formula is C21H30F3NOSi. The van der Waals surface area contributed by atoms with E-state index in [9.17, 15) is 13.2 Å². The van der Waals surface area contributed by atoms with Crippen molar-refractivity contribution in [3.8, 4) is 0 Å². The normalized spacial score (nSPS) is 21.4. The fourth-order valence-corrected chi connectivity index (χ4v) is 4.58. The Labute approximate surface area is 163 Å². The molecule has 0 spiro atoms. The quantitative estimate of drug-likeness (QED) is 0.341. The maximum atomic E-state index is 12.8. The molecule has 1 aliphatic rings. The second-order valence-electron chi connectivity index (χ2n) is 7.51. The van der Waals surface area contributed by atoms with Crippen molar-refractivity contribution in [1.29, 1.82) is 0 Å². The van der Waals surface area contributed by atoms with Gasteiger partial charge >= 0.3 is 6.18 Å². The molecule has 2 atom stereocenters. The van der Waals surface area contributed by atoms with Crippen LogP contribution in [0.4, 0.5) is 13.2 Å². The molecule has 2 unspecified atom stereocenters. The van der Waals surface area contributed by atoms with Crippen molar-refractivity contribution in [2.45, 2.75) is 64.0 Å².